The van der Waals surface area contributed by atoms with Crippen LogP contribution in [-0.2, 0) is 10.3 Å². The van der Waals surface area contributed by atoms with Crippen molar-refractivity contribution in [1.29, 1.82) is 0 Å². The first kappa shape index (κ1) is 14.8. The number of nitrogens with two attached hydrogens (primary N) is 1. The van der Waals surface area contributed by atoms with Crippen molar-refractivity contribution in [3.63, 3.8) is 0 Å². The number of amides is 1. The highest BCUT2D eigenvalue weighted by atomic mass is 19.1. The van der Waals surface area contributed by atoms with Gasteiger partial charge in [-0.1, -0.05) is 18.9 Å². The fraction of sp³-hybridized carbons (Fsp3) is 0.533. The molecule has 1 aliphatic carbocycles. The highest BCUT2D eigenvalue weighted by molar-refractivity contribution is 5.85. The van der Waals surface area contributed by atoms with Crippen LogP contribution in [0.3, 0.4) is 0 Å². The van der Waals surface area contributed by atoms with E-state index in [1.165, 1.54) is 19.2 Å². The standard InChI is InChI=1S/C15H21FN2O2/c1-15(14(17)19,18-11-5-3-4-6-11)10-7-8-13(20-2)12(16)9-10/h7-9,11,18H,3-6H2,1-2H3,(H2,17,19). The van der Waals surface area contributed by atoms with Gasteiger partial charge in [-0.25, -0.2) is 4.39 Å². The second-order valence-corrected chi connectivity index (χ2v) is 5.46. The van der Waals surface area contributed by atoms with Crippen molar-refractivity contribution in [2.75, 3.05) is 7.11 Å². The topological polar surface area (TPSA) is 64.3 Å². The molecule has 1 unspecified atom stereocenters. The summed E-state index contributed by atoms with van der Waals surface area (Å²) in [5.41, 5.74) is 5.00. The van der Waals surface area contributed by atoms with E-state index in [-0.39, 0.29) is 11.8 Å². The van der Waals surface area contributed by atoms with Crippen molar-refractivity contribution in [3.05, 3.63) is 29.6 Å². The molecule has 1 atom stereocenters. The molecule has 0 heterocycles. The Labute approximate surface area is 118 Å². The van der Waals surface area contributed by atoms with Gasteiger partial charge in [0.25, 0.3) is 0 Å². The van der Waals surface area contributed by atoms with Gasteiger partial charge in [-0.15, -0.1) is 0 Å². The molecule has 0 aliphatic heterocycles. The van der Waals surface area contributed by atoms with E-state index in [1.807, 2.05) is 0 Å². The molecule has 1 saturated carbocycles. The fourth-order valence-electron chi connectivity index (χ4n) is 2.75. The lowest BCUT2D eigenvalue weighted by atomic mass is 9.89. The number of ether oxygens (including phenoxy) is 1. The van der Waals surface area contributed by atoms with Crippen LogP contribution >= 0.6 is 0 Å². The van der Waals surface area contributed by atoms with Crippen LogP contribution in [0.25, 0.3) is 0 Å². The number of benzene rings is 1. The summed E-state index contributed by atoms with van der Waals surface area (Å²) in [6, 6.07) is 4.75. The lowest BCUT2D eigenvalue weighted by Gasteiger charge is -2.31. The van der Waals surface area contributed by atoms with Crippen molar-refractivity contribution < 1.29 is 13.9 Å². The van der Waals surface area contributed by atoms with Crippen LogP contribution < -0.4 is 15.8 Å². The van der Waals surface area contributed by atoms with Crippen molar-refractivity contribution in [2.24, 2.45) is 5.73 Å². The predicted molar refractivity (Wildman–Crippen MR) is 74.9 cm³/mol. The summed E-state index contributed by atoms with van der Waals surface area (Å²) in [6.07, 6.45) is 4.32. The Kier molecular flexibility index (Phi) is 4.28. The Bertz CT molecular complexity index is 501. The molecular weight excluding hydrogens is 259 g/mol. The average Bonchev–Trinajstić information content (AvgIpc) is 2.91. The van der Waals surface area contributed by atoms with Gasteiger partial charge in [0, 0.05) is 6.04 Å². The normalized spacial score (nSPS) is 18.8. The molecule has 110 valence electrons. The Morgan fingerprint density at radius 2 is 2.10 bits per heavy atom. The van der Waals surface area contributed by atoms with Crippen molar-refractivity contribution in [1.82, 2.24) is 5.32 Å². The summed E-state index contributed by atoms with van der Waals surface area (Å²) < 4.78 is 18.7. The minimum atomic E-state index is -1.07. The lowest BCUT2D eigenvalue weighted by Crippen LogP contribution is -2.53. The number of hydrogen-bond donors (Lipinski definition) is 2. The Morgan fingerprint density at radius 3 is 2.60 bits per heavy atom. The smallest absolute Gasteiger partial charge is 0.242 e. The van der Waals surface area contributed by atoms with E-state index in [2.05, 4.69) is 5.32 Å². The van der Waals surface area contributed by atoms with Gasteiger partial charge >= 0.3 is 0 Å². The molecule has 0 spiro atoms. The third-order valence-electron chi connectivity index (χ3n) is 4.07. The highest BCUT2D eigenvalue weighted by Crippen LogP contribution is 2.29. The monoisotopic (exact) mass is 280 g/mol. The molecule has 0 saturated heterocycles. The first-order valence-electron chi connectivity index (χ1n) is 6.89. The maximum atomic E-state index is 13.9. The molecule has 1 fully saturated rings. The van der Waals surface area contributed by atoms with E-state index in [0.29, 0.717) is 5.56 Å². The van der Waals surface area contributed by atoms with Crippen molar-refractivity contribution in [3.8, 4) is 5.75 Å². The van der Waals surface area contributed by atoms with Crippen LogP contribution in [0.5, 0.6) is 5.75 Å². The number of hydrogen-bond acceptors (Lipinski definition) is 3. The van der Waals surface area contributed by atoms with Crippen molar-refractivity contribution >= 4 is 5.91 Å². The fourth-order valence-corrected chi connectivity index (χ4v) is 2.75. The SMILES string of the molecule is COc1ccc(C(C)(NC2CCCC2)C(N)=O)cc1F. The van der Waals surface area contributed by atoms with Crippen LogP contribution in [-0.4, -0.2) is 19.1 Å². The lowest BCUT2D eigenvalue weighted by molar-refractivity contribution is -0.124. The largest absolute Gasteiger partial charge is 0.494 e. The maximum absolute atomic E-state index is 13.9. The Hall–Kier alpha value is -1.62. The summed E-state index contributed by atoms with van der Waals surface area (Å²) in [4.78, 5) is 11.9. The minimum Gasteiger partial charge on any atom is -0.494 e. The quantitative estimate of drug-likeness (QED) is 0.867. The second kappa shape index (κ2) is 5.79. The zero-order valence-electron chi connectivity index (χ0n) is 11.9. The molecule has 4 nitrogen and oxygen atoms in total. The molecule has 20 heavy (non-hydrogen) atoms. The third kappa shape index (κ3) is 2.77. The van der Waals surface area contributed by atoms with E-state index >= 15 is 0 Å². The van der Waals surface area contributed by atoms with E-state index in [1.54, 1.807) is 13.0 Å². The maximum Gasteiger partial charge on any atom is 0.242 e. The Morgan fingerprint density at radius 1 is 1.45 bits per heavy atom. The van der Waals surface area contributed by atoms with E-state index in [0.717, 1.165) is 25.7 Å². The van der Waals surface area contributed by atoms with Gasteiger partial charge in [0.05, 0.1) is 7.11 Å². The van der Waals surface area contributed by atoms with Crippen LogP contribution in [0, 0.1) is 5.82 Å². The van der Waals surface area contributed by atoms with Gasteiger partial charge in [0.15, 0.2) is 11.6 Å². The highest BCUT2D eigenvalue weighted by Gasteiger charge is 2.36. The molecule has 0 radical (unpaired) electrons. The van der Waals surface area contributed by atoms with Crippen LogP contribution in [0.15, 0.2) is 18.2 Å². The number of halogens is 1. The molecule has 2 rings (SSSR count). The predicted octanol–water partition coefficient (Wildman–Crippen LogP) is 2.07. The number of nitrogens with one attached hydrogen (secondary N) is 1. The second-order valence-electron chi connectivity index (χ2n) is 5.46. The number of primary amides is 1. The van der Waals surface area contributed by atoms with Gasteiger partial charge in [-0.3, -0.25) is 10.1 Å². The summed E-state index contributed by atoms with van der Waals surface area (Å²) in [5, 5.41) is 3.29. The number of carbonyl (C=O) groups excluding carboxylic acids is 1. The minimum absolute atomic E-state index is 0.154. The van der Waals surface area contributed by atoms with E-state index in [9.17, 15) is 9.18 Å². The number of methoxy groups -OCH3 is 1. The molecule has 5 heteroatoms. The molecule has 1 aromatic rings. The average molecular weight is 280 g/mol. The molecule has 1 aromatic carbocycles. The van der Waals surface area contributed by atoms with Gasteiger partial charge in [0.1, 0.15) is 5.54 Å². The first-order chi connectivity index (χ1) is 9.47. The summed E-state index contributed by atoms with van der Waals surface area (Å²) in [5.74, 6) is -0.846. The van der Waals surface area contributed by atoms with E-state index in [4.69, 9.17) is 10.5 Å². The molecular formula is C15H21FN2O2. The molecule has 1 aliphatic rings. The summed E-state index contributed by atoms with van der Waals surface area (Å²) in [6.45, 7) is 1.70. The van der Waals surface area contributed by atoms with Gasteiger partial charge in [0.2, 0.25) is 5.91 Å². The number of rotatable bonds is 5. The van der Waals surface area contributed by atoms with Crippen LogP contribution in [0.2, 0.25) is 0 Å². The summed E-state index contributed by atoms with van der Waals surface area (Å²) in [7, 11) is 1.40. The molecule has 0 bridgehead atoms. The molecule has 3 N–H and O–H groups in total. The zero-order chi connectivity index (χ0) is 14.8. The van der Waals surface area contributed by atoms with Gasteiger partial charge in [-0.2, -0.15) is 0 Å². The third-order valence-corrected chi connectivity index (χ3v) is 4.07. The first-order valence-corrected chi connectivity index (χ1v) is 6.89. The van der Waals surface area contributed by atoms with Gasteiger partial charge < -0.3 is 10.5 Å². The number of carbonyl (C=O) groups is 1. The summed E-state index contributed by atoms with van der Waals surface area (Å²) >= 11 is 0. The van der Waals surface area contributed by atoms with E-state index < -0.39 is 17.3 Å². The van der Waals surface area contributed by atoms with Crippen molar-refractivity contribution in [2.45, 2.75) is 44.2 Å². The van der Waals surface area contributed by atoms with Crippen LogP contribution in [0.4, 0.5) is 4.39 Å². The molecule has 0 aromatic heterocycles. The van der Waals surface area contributed by atoms with Gasteiger partial charge in [-0.05, 0) is 37.5 Å². The zero-order valence-corrected chi connectivity index (χ0v) is 11.9. The van der Waals surface area contributed by atoms with Crippen LogP contribution in [0.1, 0.15) is 38.2 Å². The Balaban J connectivity index is 2.31. The molecule has 1 amide bonds.